The first kappa shape index (κ1) is 13.4. The van der Waals surface area contributed by atoms with E-state index in [0.29, 0.717) is 12.0 Å². The second-order valence-electron chi connectivity index (χ2n) is 5.08. The molecule has 2 N–H and O–H groups in total. The summed E-state index contributed by atoms with van der Waals surface area (Å²) < 4.78 is 0. The summed E-state index contributed by atoms with van der Waals surface area (Å²) in [5.74, 6) is 1.56. The number of nitrogens with zero attached hydrogens (tertiary/aromatic N) is 3. The molecular formula is C14H24N4. The van der Waals surface area contributed by atoms with Crippen LogP contribution in [0.15, 0.2) is 18.5 Å². The lowest BCUT2D eigenvalue weighted by Crippen LogP contribution is -2.44. The van der Waals surface area contributed by atoms with Gasteiger partial charge in [0.15, 0.2) is 0 Å². The minimum atomic E-state index is 0.609. The lowest BCUT2D eigenvalue weighted by atomic mass is 9.83. The lowest BCUT2D eigenvalue weighted by Gasteiger charge is -2.38. The number of rotatable bonds is 5. The topological polar surface area (TPSA) is 55.0 Å². The third-order valence-electron chi connectivity index (χ3n) is 4.01. The quantitative estimate of drug-likeness (QED) is 0.863. The Hall–Kier alpha value is -1.00. The zero-order valence-corrected chi connectivity index (χ0v) is 11.3. The van der Waals surface area contributed by atoms with Crippen LogP contribution in [0.5, 0.6) is 0 Å². The molecule has 0 amide bonds. The standard InChI is InChI=1S/C14H24N4/c1-2-18(11-14-16-8-5-9-17-14)13-7-4-3-6-12(13)10-15/h5,8-9,12-13H,2-4,6-7,10-11,15H2,1H3. The molecule has 0 spiro atoms. The van der Waals surface area contributed by atoms with E-state index in [1.807, 2.05) is 18.5 Å². The molecule has 1 aromatic rings. The summed E-state index contributed by atoms with van der Waals surface area (Å²) in [6.07, 6.45) is 8.83. The highest BCUT2D eigenvalue weighted by Crippen LogP contribution is 2.28. The first-order chi connectivity index (χ1) is 8.85. The first-order valence-electron chi connectivity index (χ1n) is 7.05. The van der Waals surface area contributed by atoms with Gasteiger partial charge in [0.2, 0.25) is 0 Å². The van der Waals surface area contributed by atoms with Crippen LogP contribution in [0.4, 0.5) is 0 Å². The Labute approximate surface area is 110 Å². The van der Waals surface area contributed by atoms with Crippen molar-refractivity contribution in [1.82, 2.24) is 14.9 Å². The van der Waals surface area contributed by atoms with E-state index in [1.54, 1.807) is 0 Å². The summed E-state index contributed by atoms with van der Waals surface area (Å²) in [7, 11) is 0. The van der Waals surface area contributed by atoms with Crippen LogP contribution in [-0.2, 0) is 6.54 Å². The highest BCUT2D eigenvalue weighted by molar-refractivity contribution is 4.91. The van der Waals surface area contributed by atoms with Crippen LogP contribution in [0.25, 0.3) is 0 Å². The molecule has 2 rings (SSSR count). The number of aromatic nitrogens is 2. The Morgan fingerprint density at radius 3 is 2.67 bits per heavy atom. The average molecular weight is 248 g/mol. The van der Waals surface area contributed by atoms with E-state index >= 15 is 0 Å². The molecule has 2 atom stereocenters. The smallest absolute Gasteiger partial charge is 0.142 e. The first-order valence-corrected chi connectivity index (χ1v) is 7.05. The number of hydrogen-bond acceptors (Lipinski definition) is 4. The maximum Gasteiger partial charge on any atom is 0.142 e. The fraction of sp³-hybridized carbons (Fsp3) is 0.714. The molecule has 1 aliphatic carbocycles. The van der Waals surface area contributed by atoms with E-state index in [9.17, 15) is 0 Å². The SMILES string of the molecule is CCN(Cc1ncccn1)C1CCCCC1CN. The van der Waals surface area contributed by atoms with Gasteiger partial charge in [-0.1, -0.05) is 19.8 Å². The Balaban J connectivity index is 2.03. The summed E-state index contributed by atoms with van der Waals surface area (Å²) in [4.78, 5) is 11.1. The molecule has 1 heterocycles. The van der Waals surface area contributed by atoms with Gasteiger partial charge in [-0.15, -0.1) is 0 Å². The monoisotopic (exact) mass is 248 g/mol. The third-order valence-corrected chi connectivity index (χ3v) is 4.01. The van der Waals surface area contributed by atoms with E-state index < -0.39 is 0 Å². The van der Waals surface area contributed by atoms with Crippen LogP contribution in [-0.4, -0.2) is 34.0 Å². The second-order valence-corrected chi connectivity index (χ2v) is 5.08. The molecule has 4 heteroatoms. The van der Waals surface area contributed by atoms with Crippen molar-refractivity contribution in [3.63, 3.8) is 0 Å². The average Bonchev–Trinajstić information content (AvgIpc) is 2.46. The van der Waals surface area contributed by atoms with Crippen molar-refractivity contribution in [3.8, 4) is 0 Å². The van der Waals surface area contributed by atoms with E-state index in [2.05, 4.69) is 21.8 Å². The van der Waals surface area contributed by atoms with Gasteiger partial charge < -0.3 is 5.73 Å². The molecule has 0 radical (unpaired) electrons. The molecule has 1 fully saturated rings. The maximum absolute atomic E-state index is 5.92. The Morgan fingerprint density at radius 2 is 2.00 bits per heavy atom. The largest absolute Gasteiger partial charge is 0.330 e. The van der Waals surface area contributed by atoms with Crippen molar-refractivity contribution < 1.29 is 0 Å². The Morgan fingerprint density at radius 1 is 1.28 bits per heavy atom. The van der Waals surface area contributed by atoms with Crippen molar-refractivity contribution in [2.75, 3.05) is 13.1 Å². The third kappa shape index (κ3) is 3.27. The van der Waals surface area contributed by atoms with Gasteiger partial charge in [-0.3, -0.25) is 4.90 Å². The van der Waals surface area contributed by atoms with Crippen LogP contribution in [0.3, 0.4) is 0 Å². The van der Waals surface area contributed by atoms with Crippen molar-refractivity contribution in [2.45, 2.75) is 45.2 Å². The molecule has 0 aliphatic heterocycles. The molecule has 1 aromatic heterocycles. The summed E-state index contributed by atoms with van der Waals surface area (Å²) in [5.41, 5.74) is 5.92. The van der Waals surface area contributed by atoms with Gasteiger partial charge in [0.1, 0.15) is 5.82 Å². The molecule has 18 heavy (non-hydrogen) atoms. The maximum atomic E-state index is 5.92. The van der Waals surface area contributed by atoms with E-state index in [4.69, 9.17) is 5.73 Å². The van der Waals surface area contributed by atoms with Gasteiger partial charge in [-0.25, -0.2) is 9.97 Å². The van der Waals surface area contributed by atoms with Gasteiger partial charge >= 0.3 is 0 Å². The molecule has 0 saturated heterocycles. The minimum Gasteiger partial charge on any atom is -0.330 e. The molecule has 2 unspecified atom stereocenters. The molecule has 0 bridgehead atoms. The van der Waals surface area contributed by atoms with Gasteiger partial charge in [0.25, 0.3) is 0 Å². The highest BCUT2D eigenvalue weighted by atomic mass is 15.2. The second kappa shape index (κ2) is 6.81. The van der Waals surface area contributed by atoms with Crippen LogP contribution in [0.1, 0.15) is 38.4 Å². The Bertz CT molecular complexity index is 341. The van der Waals surface area contributed by atoms with E-state index in [-0.39, 0.29) is 0 Å². The summed E-state index contributed by atoms with van der Waals surface area (Å²) in [6.45, 7) is 4.90. The molecule has 4 nitrogen and oxygen atoms in total. The number of hydrogen-bond donors (Lipinski definition) is 1. The zero-order valence-electron chi connectivity index (χ0n) is 11.3. The Kier molecular flexibility index (Phi) is 5.08. The molecule has 0 aromatic carbocycles. The highest BCUT2D eigenvalue weighted by Gasteiger charge is 2.28. The summed E-state index contributed by atoms with van der Waals surface area (Å²) >= 11 is 0. The predicted molar refractivity (Wildman–Crippen MR) is 72.9 cm³/mol. The van der Waals surface area contributed by atoms with Gasteiger partial charge in [0.05, 0.1) is 6.54 Å². The van der Waals surface area contributed by atoms with E-state index in [1.165, 1.54) is 25.7 Å². The van der Waals surface area contributed by atoms with Crippen molar-refractivity contribution in [1.29, 1.82) is 0 Å². The predicted octanol–water partition coefficient (Wildman–Crippen LogP) is 1.82. The van der Waals surface area contributed by atoms with Crippen LogP contribution < -0.4 is 5.73 Å². The van der Waals surface area contributed by atoms with E-state index in [0.717, 1.165) is 25.5 Å². The van der Waals surface area contributed by atoms with Crippen molar-refractivity contribution in [3.05, 3.63) is 24.3 Å². The minimum absolute atomic E-state index is 0.609. The summed E-state index contributed by atoms with van der Waals surface area (Å²) in [6, 6.07) is 2.47. The lowest BCUT2D eigenvalue weighted by molar-refractivity contribution is 0.103. The van der Waals surface area contributed by atoms with Crippen LogP contribution in [0, 0.1) is 5.92 Å². The normalized spacial score (nSPS) is 24.4. The fourth-order valence-electron chi connectivity index (χ4n) is 3.00. The van der Waals surface area contributed by atoms with Crippen molar-refractivity contribution in [2.24, 2.45) is 11.7 Å². The van der Waals surface area contributed by atoms with Crippen molar-refractivity contribution >= 4 is 0 Å². The zero-order chi connectivity index (χ0) is 12.8. The van der Waals surface area contributed by atoms with Gasteiger partial charge in [-0.05, 0) is 37.9 Å². The molecule has 100 valence electrons. The molecule has 1 aliphatic rings. The van der Waals surface area contributed by atoms with Crippen LogP contribution in [0.2, 0.25) is 0 Å². The van der Waals surface area contributed by atoms with Gasteiger partial charge in [-0.2, -0.15) is 0 Å². The van der Waals surface area contributed by atoms with Crippen LogP contribution >= 0.6 is 0 Å². The van der Waals surface area contributed by atoms with Gasteiger partial charge in [0, 0.05) is 18.4 Å². The molecular weight excluding hydrogens is 224 g/mol. The number of nitrogens with two attached hydrogens (primary N) is 1. The molecule has 1 saturated carbocycles. The summed E-state index contributed by atoms with van der Waals surface area (Å²) in [5, 5.41) is 0. The fourth-order valence-corrected chi connectivity index (χ4v) is 3.00.